The van der Waals surface area contributed by atoms with E-state index in [4.69, 9.17) is 0 Å². The average Bonchev–Trinajstić information content (AvgIpc) is 2.94. The zero-order chi connectivity index (χ0) is 18.6. The van der Waals surface area contributed by atoms with Crippen molar-refractivity contribution in [2.24, 2.45) is 0 Å². The van der Waals surface area contributed by atoms with Gasteiger partial charge in [-0.3, -0.25) is 9.78 Å². The molecule has 3 N–H and O–H groups in total. The normalized spacial score (nSPS) is 18.1. The molecule has 9 heteroatoms. The molecule has 1 saturated heterocycles. The number of amides is 3. The standard InChI is InChI=1S/C17H18N4O4S/c22-16(19-14-5-2-7-18-10-14)12-3-1-4-13(9-12)20-17(23)21-15-6-8-26(24,25)11-15/h1-5,7,9-10,15H,6,8,11H2,(H,19,22)(H2,20,21,23)/t15-/m1/s1. The van der Waals surface area contributed by atoms with Gasteiger partial charge in [0.1, 0.15) is 0 Å². The quantitative estimate of drug-likeness (QED) is 0.752. The number of rotatable bonds is 4. The minimum Gasteiger partial charge on any atom is -0.334 e. The van der Waals surface area contributed by atoms with Crippen molar-refractivity contribution in [2.75, 3.05) is 22.1 Å². The maximum atomic E-state index is 12.3. The lowest BCUT2D eigenvalue weighted by molar-refractivity contribution is 0.102. The van der Waals surface area contributed by atoms with Crippen LogP contribution in [0.4, 0.5) is 16.2 Å². The van der Waals surface area contributed by atoms with Crippen molar-refractivity contribution >= 4 is 33.2 Å². The van der Waals surface area contributed by atoms with Gasteiger partial charge < -0.3 is 16.0 Å². The summed E-state index contributed by atoms with van der Waals surface area (Å²) in [5, 5.41) is 7.96. The Morgan fingerprint density at radius 1 is 1.08 bits per heavy atom. The summed E-state index contributed by atoms with van der Waals surface area (Å²) in [5.41, 5.74) is 1.37. The first kappa shape index (κ1) is 17.9. The first-order valence-electron chi connectivity index (χ1n) is 8.01. The number of pyridine rings is 1. The van der Waals surface area contributed by atoms with E-state index in [1.54, 1.807) is 36.5 Å². The lowest BCUT2D eigenvalue weighted by Crippen LogP contribution is -2.38. The van der Waals surface area contributed by atoms with E-state index in [0.29, 0.717) is 23.4 Å². The number of benzene rings is 1. The second-order valence-electron chi connectivity index (χ2n) is 5.98. The summed E-state index contributed by atoms with van der Waals surface area (Å²) >= 11 is 0. The van der Waals surface area contributed by atoms with Gasteiger partial charge in [-0.05, 0) is 36.8 Å². The van der Waals surface area contributed by atoms with Crippen molar-refractivity contribution in [3.05, 3.63) is 54.4 Å². The fourth-order valence-electron chi connectivity index (χ4n) is 2.64. The summed E-state index contributed by atoms with van der Waals surface area (Å²) in [6.07, 6.45) is 3.54. The molecule has 0 aliphatic carbocycles. The Morgan fingerprint density at radius 3 is 2.58 bits per heavy atom. The van der Waals surface area contributed by atoms with Crippen LogP contribution < -0.4 is 16.0 Å². The molecule has 2 aromatic rings. The Bertz CT molecular complexity index is 915. The molecule has 1 fully saturated rings. The third-order valence-electron chi connectivity index (χ3n) is 3.87. The highest BCUT2D eigenvalue weighted by Crippen LogP contribution is 2.14. The molecule has 0 bridgehead atoms. The minimum atomic E-state index is -3.06. The molecular weight excluding hydrogens is 356 g/mol. The van der Waals surface area contributed by atoms with Crippen LogP contribution in [0.3, 0.4) is 0 Å². The second kappa shape index (κ2) is 7.52. The number of aromatic nitrogens is 1. The van der Waals surface area contributed by atoms with E-state index in [2.05, 4.69) is 20.9 Å². The molecule has 0 saturated carbocycles. The van der Waals surface area contributed by atoms with Crippen molar-refractivity contribution in [1.29, 1.82) is 0 Å². The first-order chi connectivity index (χ1) is 12.4. The highest BCUT2D eigenvalue weighted by molar-refractivity contribution is 7.91. The van der Waals surface area contributed by atoms with Crippen LogP contribution in [0.25, 0.3) is 0 Å². The Hall–Kier alpha value is -2.94. The maximum absolute atomic E-state index is 12.3. The van der Waals surface area contributed by atoms with Gasteiger partial charge in [-0.2, -0.15) is 0 Å². The molecule has 1 aromatic carbocycles. The van der Waals surface area contributed by atoms with E-state index in [-0.39, 0.29) is 17.4 Å². The number of sulfone groups is 1. The SMILES string of the molecule is O=C(Nc1cccc(C(=O)Nc2cccnc2)c1)N[C@@H]1CCS(=O)(=O)C1. The zero-order valence-corrected chi connectivity index (χ0v) is 14.6. The predicted octanol–water partition coefficient (Wildman–Crippen LogP) is 1.64. The summed E-state index contributed by atoms with van der Waals surface area (Å²) < 4.78 is 22.9. The fourth-order valence-corrected chi connectivity index (χ4v) is 4.31. The van der Waals surface area contributed by atoms with Crippen LogP contribution >= 0.6 is 0 Å². The monoisotopic (exact) mass is 374 g/mol. The molecule has 3 amide bonds. The van der Waals surface area contributed by atoms with Gasteiger partial charge in [-0.25, -0.2) is 13.2 Å². The molecule has 26 heavy (non-hydrogen) atoms. The molecule has 1 aliphatic heterocycles. The van der Waals surface area contributed by atoms with Crippen molar-refractivity contribution in [3.63, 3.8) is 0 Å². The largest absolute Gasteiger partial charge is 0.334 e. The maximum Gasteiger partial charge on any atom is 0.319 e. The Balaban J connectivity index is 1.60. The summed E-state index contributed by atoms with van der Waals surface area (Å²) in [7, 11) is -3.06. The number of hydrogen-bond donors (Lipinski definition) is 3. The van der Waals surface area contributed by atoms with Crippen LogP contribution in [0.1, 0.15) is 16.8 Å². The molecule has 0 unspecified atom stereocenters. The summed E-state index contributed by atoms with van der Waals surface area (Å²) in [6, 6.07) is 8.99. The Kier molecular flexibility index (Phi) is 5.17. The van der Waals surface area contributed by atoms with Gasteiger partial charge in [0.05, 0.1) is 23.4 Å². The fraction of sp³-hybridized carbons (Fsp3) is 0.235. The summed E-state index contributed by atoms with van der Waals surface area (Å²) in [5.74, 6) is -0.292. The van der Waals surface area contributed by atoms with E-state index in [1.165, 1.54) is 12.3 Å². The minimum absolute atomic E-state index is 0.0476. The van der Waals surface area contributed by atoms with Gasteiger partial charge >= 0.3 is 6.03 Å². The highest BCUT2D eigenvalue weighted by atomic mass is 32.2. The molecule has 2 heterocycles. The van der Waals surface area contributed by atoms with E-state index in [9.17, 15) is 18.0 Å². The van der Waals surface area contributed by atoms with E-state index >= 15 is 0 Å². The van der Waals surface area contributed by atoms with E-state index in [0.717, 1.165) is 0 Å². The number of carbonyl (C=O) groups excluding carboxylic acids is 2. The van der Waals surface area contributed by atoms with Crippen molar-refractivity contribution in [2.45, 2.75) is 12.5 Å². The van der Waals surface area contributed by atoms with Crippen molar-refractivity contribution in [1.82, 2.24) is 10.3 Å². The topological polar surface area (TPSA) is 117 Å². The van der Waals surface area contributed by atoms with Gasteiger partial charge in [0, 0.05) is 23.5 Å². The Morgan fingerprint density at radius 2 is 1.88 bits per heavy atom. The van der Waals surface area contributed by atoms with Crippen LogP contribution in [0.5, 0.6) is 0 Å². The lowest BCUT2D eigenvalue weighted by atomic mass is 10.2. The van der Waals surface area contributed by atoms with Crippen molar-refractivity contribution < 1.29 is 18.0 Å². The highest BCUT2D eigenvalue weighted by Gasteiger charge is 2.28. The van der Waals surface area contributed by atoms with E-state index < -0.39 is 21.9 Å². The van der Waals surface area contributed by atoms with Crippen LogP contribution in [-0.4, -0.2) is 42.9 Å². The number of carbonyl (C=O) groups is 2. The molecule has 1 aromatic heterocycles. The zero-order valence-electron chi connectivity index (χ0n) is 13.8. The first-order valence-corrected chi connectivity index (χ1v) is 9.83. The molecule has 8 nitrogen and oxygen atoms in total. The average molecular weight is 374 g/mol. The number of urea groups is 1. The number of anilines is 2. The number of nitrogens with one attached hydrogen (secondary N) is 3. The van der Waals surface area contributed by atoms with Gasteiger partial charge in [0.25, 0.3) is 5.91 Å². The molecule has 1 atom stereocenters. The van der Waals surface area contributed by atoms with Crippen LogP contribution in [-0.2, 0) is 9.84 Å². The molecule has 0 spiro atoms. The number of nitrogens with zero attached hydrogens (tertiary/aromatic N) is 1. The molecular formula is C17H18N4O4S. The van der Waals surface area contributed by atoms with Gasteiger partial charge in [0.15, 0.2) is 9.84 Å². The third kappa shape index (κ3) is 4.79. The second-order valence-corrected chi connectivity index (χ2v) is 8.20. The molecule has 3 rings (SSSR count). The molecule has 136 valence electrons. The van der Waals surface area contributed by atoms with Crippen LogP contribution in [0.2, 0.25) is 0 Å². The lowest BCUT2D eigenvalue weighted by Gasteiger charge is -2.12. The van der Waals surface area contributed by atoms with E-state index in [1.807, 2.05) is 0 Å². The summed E-state index contributed by atoms with van der Waals surface area (Å²) in [6.45, 7) is 0. The van der Waals surface area contributed by atoms with Gasteiger partial charge in [-0.1, -0.05) is 6.07 Å². The third-order valence-corrected chi connectivity index (χ3v) is 5.64. The van der Waals surface area contributed by atoms with Gasteiger partial charge in [0.2, 0.25) is 0 Å². The predicted molar refractivity (Wildman–Crippen MR) is 97.8 cm³/mol. The Labute approximate surface area is 150 Å². The molecule has 0 radical (unpaired) electrons. The smallest absolute Gasteiger partial charge is 0.319 e. The van der Waals surface area contributed by atoms with Crippen molar-refractivity contribution in [3.8, 4) is 0 Å². The summed E-state index contributed by atoms with van der Waals surface area (Å²) in [4.78, 5) is 28.2. The van der Waals surface area contributed by atoms with Crippen LogP contribution in [0, 0.1) is 0 Å². The van der Waals surface area contributed by atoms with Gasteiger partial charge in [-0.15, -0.1) is 0 Å². The molecule has 1 aliphatic rings. The number of hydrogen-bond acceptors (Lipinski definition) is 5. The van der Waals surface area contributed by atoms with Crippen LogP contribution in [0.15, 0.2) is 48.8 Å².